The third kappa shape index (κ3) is 7.86. The van der Waals surface area contributed by atoms with Crippen molar-refractivity contribution in [1.29, 1.82) is 0 Å². The van der Waals surface area contributed by atoms with Gasteiger partial charge < -0.3 is 44.4 Å². The third-order valence-corrected chi connectivity index (χ3v) is 13.3. The van der Waals surface area contributed by atoms with Gasteiger partial charge in [-0.05, 0) is 102 Å². The molecule has 0 radical (unpaired) electrons. The topological polar surface area (TPSA) is 177 Å². The van der Waals surface area contributed by atoms with Crippen molar-refractivity contribution >= 4 is 46.2 Å². The molecule has 0 aliphatic carbocycles. The van der Waals surface area contributed by atoms with Gasteiger partial charge in [-0.2, -0.15) is 0 Å². The highest BCUT2D eigenvalue weighted by Crippen LogP contribution is 2.45. The van der Waals surface area contributed by atoms with Crippen molar-refractivity contribution in [2.24, 2.45) is 16.8 Å². The summed E-state index contributed by atoms with van der Waals surface area (Å²) in [5, 5.41) is 7.58. The number of imidazole rings is 1. The zero-order valence-corrected chi connectivity index (χ0v) is 36.7. The Hall–Kier alpha value is -5.96. The Bertz CT molecular complexity index is 2430. The van der Waals surface area contributed by atoms with Gasteiger partial charge in [-0.3, -0.25) is 14.6 Å². The van der Waals surface area contributed by atoms with Crippen LogP contribution in [0, 0.1) is 11.8 Å². The molecule has 0 spiro atoms. The van der Waals surface area contributed by atoms with Crippen molar-refractivity contribution in [2.75, 3.05) is 27.9 Å². The number of alkyl carbamates (subject to hydrolysis) is 2. The molecule has 62 heavy (non-hydrogen) atoms. The molecule has 0 saturated carbocycles. The van der Waals surface area contributed by atoms with Crippen LogP contribution in [0.1, 0.15) is 83.3 Å². The fourth-order valence-electron chi connectivity index (χ4n) is 9.69. The van der Waals surface area contributed by atoms with Crippen LogP contribution in [0.5, 0.6) is 5.75 Å². The molecule has 3 N–H and O–H groups in total. The number of methoxy groups -OCH3 is 3. The average molecular weight is 848 g/mol. The minimum absolute atomic E-state index is 0.0103. The molecule has 15 nitrogen and oxygen atoms in total. The number of carbonyl (C=O) groups is 4. The monoisotopic (exact) mass is 847 g/mol. The lowest BCUT2D eigenvalue weighted by molar-refractivity contribution is -0.138. The molecule has 4 amide bonds. The van der Waals surface area contributed by atoms with Crippen LogP contribution in [-0.4, -0.2) is 108 Å². The number of benzene rings is 3. The van der Waals surface area contributed by atoms with Gasteiger partial charge in [-0.1, -0.05) is 45.4 Å². The van der Waals surface area contributed by atoms with E-state index in [1.807, 2.05) is 24.9 Å². The highest BCUT2D eigenvalue weighted by Gasteiger charge is 2.44. The number of carbonyl (C=O) groups excluding carboxylic acids is 4. The van der Waals surface area contributed by atoms with Gasteiger partial charge in [-0.15, -0.1) is 0 Å². The highest BCUT2D eigenvalue weighted by atomic mass is 16.5. The number of amides is 4. The number of rotatable bonds is 11. The predicted molar refractivity (Wildman–Crippen MR) is 234 cm³/mol. The van der Waals surface area contributed by atoms with Gasteiger partial charge in [-0.25, -0.2) is 14.6 Å². The Morgan fingerprint density at radius 3 is 2.39 bits per heavy atom. The van der Waals surface area contributed by atoms with Crippen LogP contribution >= 0.6 is 0 Å². The van der Waals surface area contributed by atoms with E-state index in [1.165, 1.54) is 21.3 Å². The first-order chi connectivity index (χ1) is 29.8. The summed E-state index contributed by atoms with van der Waals surface area (Å²) in [7, 11) is 4.08. The molecule has 2 saturated heterocycles. The maximum atomic E-state index is 14.0. The molecule has 4 aliphatic heterocycles. The standard InChI is InChI=1S/C47H57N7O8/c1-9-27-16-39(53(22-27)44(55)42(26(5)59-6)52-47(58)61-8)43-48-21-37(50-43)29-11-13-31-30(17-29)23-62-40-20-32-28(18-34(31)40)12-14-35-33(32)19-36(49-35)38-15-10-25(4)54(38)45(56)41(24(2)3)51-46(57)60-7/h11-14,17-18,20-21,24-27,38-39,41-42H,9-10,15-16,19,22-23H2,1-8H3,(H,48,50)(H,51,57)(H,52,58)/t25-,26+,27-,38-,39-,41-,42-/m0/s1. The number of hydrogen-bond acceptors (Lipinski definition) is 10. The fraction of sp³-hybridized carbons (Fsp3) is 0.489. The third-order valence-electron chi connectivity index (χ3n) is 13.3. The molecule has 1 aromatic heterocycles. The summed E-state index contributed by atoms with van der Waals surface area (Å²) in [4.78, 5) is 69.5. The summed E-state index contributed by atoms with van der Waals surface area (Å²) in [5.41, 5.74) is 7.93. The fourth-order valence-corrected chi connectivity index (χ4v) is 9.69. The van der Waals surface area contributed by atoms with E-state index in [2.05, 4.69) is 71.9 Å². The van der Waals surface area contributed by atoms with Gasteiger partial charge in [0.05, 0.1) is 50.0 Å². The van der Waals surface area contributed by atoms with E-state index in [4.69, 9.17) is 28.9 Å². The first-order valence-corrected chi connectivity index (χ1v) is 21.7. The van der Waals surface area contributed by atoms with Crippen LogP contribution in [0.4, 0.5) is 15.3 Å². The second-order valence-corrected chi connectivity index (χ2v) is 17.4. The summed E-state index contributed by atoms with van der Waals surface area (Å²) in [5.74, 6) is 1.30. The van der Waals surface area contributed by atoms with Crippen LogP contribution in [0.25, 0.3) is 33.2 Å². The largest absolute Gasteiger partial charge is 0.488 e. The van der Waals surface area contributed by atoms with Crippen molar-refractivity contribution in [2.45, 2.75) is 110 Å². The highest BCUT2D eigenvalue weighted by molar-refractivity contribution is 6.06. The van der Waals surface area contributed by atoms with Crippen LogP contribution in [-0.2, 0) is 36.8 Å². The lowest BCUT2D eigenvalue weighted by atomic mass is 9.90. The number of aromatic nitrogens is 2. The Balaban J connectivity index is 1.02. The molecule has 4 aliphatic rings. The lowest BCUT2D eigenvalue weighted by Crippen LogP contribution is -2.55. The molecule has 0 unspecified atom stereocenters. The summed E-state index contributed by atoms with van der Waals surface area (Å²) in [6, 6.07) is 12.8. The maximum Gasteiger partial charge on any atom is 0.407 e. The van der Waals surface area contributed by atoms with Crippen molar-refractivity contribution in [3.63, 3.8) is 0 Å². The maximum absolute atomic E-state index is 14.0. The zero-order valence-electron chi connectivity index (χ0n) is 36.7. The molecule has 2 fully saturated rings. The second-order valence-electron chi connectivity index (χ2n) is 17.4. The number of hydrogen-bond donors (Lipinski definition) is 3. The van der Waals surface area contributed by atoms with E-state index >= 15 is 0 Å². The van der Waals surface area contributed by atoms with Gasteiger partial charge in [0.25, 0.3) is 0 Å². The number of aliphatic imine (C=N–C) groups is 1. The van der Waals surface area contributed by atoms with Crippen LogP contribution in [0.3, 0.4) is 0 Å². The summed E-state index contributed by atoms with van der Waals surface area (Å²) < 4.78 is 21.6. The van der Waals surface area contributed by atoms with Crippen LogP contribution in [0.2, 0.25) is 0 Å². The molecule has 5 heterocycles. The number of likely N-dealkylation sites (tertiary alicyclic amines) is 2. The van der Waals surface area contributed by atoms with Crippen LogP contribution in [0.15, 0.2) is 53.7 Å². The van der Waals surface area contributed by atoms with E-state index in [0.717, 1.165) is 87.1 Å². The van der Waals surface area contributed by atoms with E-state index in [-0.39, 0.29) is 41.8 Å². The van der Waals surface area contributed by atoms with Crippen molar-refractivity contribution in [3.05, 3.63) is 65.6 Å². The number of nitrogens with zero attached hydrogens (tertiary/aromatic N) is 4. The first-order valence-electron chi connectivity index (χ1n) is 21.7. The van der Waals surface area contributed by atoms with Gasteiger partial charge >= 0.3 is 12.2 Å². The SMILES string of the molecule is CC[C@H]1C[C@@H](c2ncc(-c3ccc4c(c3)COc3cc5c6c(ccc5cc3-4)N=C([C@@H]3CC[C@H](C)N3C(=O)[C@@H](NC(=O)OC)C(C)C)C6)[nH]2)N(C(=O)[C@@H](NC(=O)OC)[C@@H](C)OC)C1. The molecule has 328 valence electrons. The number of aromatic amines is 1. The first kappa shape index (κ1) is 42.7. The zero-order chi connectivity index (χ0) is 44.0. The Labute approximate surface area is 361 Å². The predicted octanol–water partition coefficient (Wildman–Crippen LogP) is 7.24. The number of nitrogens with one attached hydrogen (secondary N) is 3. The summed E-state index contributed by atoms with van der Waals surface area (Å²) in [6.07, 6.45) is 3.86. The molecule has 8 rings (SSSR count). The quantitative estimate of drug-likeness (QED) is 0.141. The molecule has 15 heteroatoms. The van der Waals surface area contributed by atoms with E-state index in [0.29, 0.717) is 25.4 Å². The molecular weight excluding hydrogens is 791 g/mol. The molecular formula is C47H57N7O8. The molecule has 3 aromatic carbocycles. The number of H-pyrrole nitrogens is 1. The smallest absolute Gasteiger partial charge is 0.407 e. The summed E-state index contributed by atoms with van der Waals surface area (Å²) in [6.45, 7) is 10.7. The normalized spacial score (nSPS) is 21.7. The Morgan fingerprint density at radius 1 is 0.919 bits per heavy atom. The molecule has 0 bridgehead atoms. The van der Waals surface area contributed by atoms with Crippen molar-refractivity contribution < 1.29 is 38.1 Å². The van der Waals surface area contributed by atoms with E-state index in [1.54, 1.807) is 11.8 Å². The van der Waals surface area contributed by atoms with E-state index in [9.17, 15) is 19.2 Å². The van der Waals surface area contributed by atoms with Gasteiger partial charge in [0.1, 0.15) is 30.3 Å². The number of fused-ring (bicyclic) bond motifs is 6. The van der Waals surface area contributed by atoms with Gasteiger partial charge in [0, 0.05) is 37.4 Å². The minimum atomic E-state index is -0.918. The van der Waals surface area contributed by atoms with E-state index < -0.39 is 30.4 Å². The van der Waals surface area contributed by atoms with Gasteiger partial charge in [0.2, 0.25) is 11.8 Å². The van der Waals surface area contributed by atoms with Crippen molar-refractivity contribution in [1.82, 2.24) is 30.4 Å². The second kappa shape index (κ2) is 17.4. The summed E-state index contributed by atoms with van der Waals surface area (Å²) >= 11 is 0. The number of ether oxygens (including phenoxy) is 4. The Kier molecular flexibility index (Phi) is 12.0. The minimum Gasteiger partial charge on any atom is -0.488 e. The van der Waals surface area contributed by atoms with Crippen molar-refractivity contribution in [3.8, 4) is 28.1 Å². The Morgan fingerprint density at radius 2 is 1.68 bits per heavy atom. The average Bonchev–Trinajstić information content (AvgIpc) is 4.11. The molecule has 4 aromatic rings. The lowest BCUT2D eigenvalue weighted by Gasteiger charge is -2.33. The van der Waals surface area contributed by atoms with Crippen LogP contribution < -0.4 is 15.4 Å². The van der Waals surface area contributed by atoms with Gasteiger partial charge in [0.15, 0.2) is 0 Å². The molecule has 7 atom stereocenters.